The lowest BCUT2D eigenvalue weighted by atomic mass is 10.3. The summed E-state index contributed by atoms with van der Waals surface area (Å²) in [7, 11) is 1.63. The topological polar surface area (TPSA) is 53.1 Å². The van der Waals surface area contributed by atoms with Gasteiger partial charge in [0.25, 0.3) is 0 Å². The van der Waals surface area contributed by atoms with E-state index in [0.29, 0.717) is 11.6 Å². The number of rotatable bonds is 4. The van der Waals surface area contributed by atoms with Crippen molar-refractivity contribution in [2.24, 2.45) is 5.73 Å². The van der Waals surface area contributed by atoms with Gasteiger partial charge in [-0.2, -0.15) is 0 Å². The number of nitrogens with zero attached hydrogens (tertiary/aromatic N) is 2. The molecule has 1 unspecified atom stereocenters. The lowest BCUT2D eigenvalue weighted by Gasteiger charge is -2.12. The predicted octanol–water partition coefficient (Wildman–Crippen LogP) is 2.36. The van der Waals surface area contributed by atoms with Crippen molar-refractivity contribution in [1.82, 2.24) is 9.55 Å². The van der Waals surface area contributed by atoms with Crippen LogP contribution < -0.4 is 5.73 Å². The molecule has 4 nitrogen and oxygen atoms in total. The number of benzene rings is 1. The van der Waals surface area contributed by atoms with Gasteiger partial charge in [-0.15, -0.1) is 0 Å². The van der Waals surface area contributed by atoms with E-state index in [-0.39, 0.29) is 6.04 Å². The van der Waals surface area contributed by atoms with Crippen LogP contribution in [-0.4, -0.2) is 23.3 Å². The van der Waals surface area contributed by atoms with Gasteiger partial charge in [0.1, 0.15) is 5.82 Å². The Morgan fingerprint density at radius 1 is 1.53 bits per heavy atom. The summed E-state index contributed by atoms with van der Waals surface area (Å²) in [5, 5.41) is 0.707. The molecular weight excluding hydrogens is 238 g/mol. The third-order valence-corrected chi connectivity index (χ3v) is 2.97. The van der Waals surface area contributed by atoms with E-state index in [4.69, 9.17) is 22.1 Å². The summed E-state index contributed by atoms with van der Waals surface area (Å²) >= 11 is 6.00. The molecule has 2 N–H and O–H groups in total. The lowest BCUT2D eigenvalue weighted by molar-refractivity contribution is 0.177. The zero-order chi connectivity index (χ0) is 12.4. The highest BCUT2D eigenvalue weighted by Gasteiger charge is 2.16. The van der Waals surface area contributed by atoms with E-state index in [1.807, 2.05) is 18.2 Å². The van der Waals surface area contributed by atoms with Crippen LogP contribution in [0.5, 0.6) is 0 Å². The molecule has 0 aliphatic carbocycles. The van der Waals surface area contributed by atoms with Gasteiger partial charge in [0, 0.05) is 18.7 Å². The van der Waals surface area contributed by atoms with Crippen molar-refractivity contribution >= 4 is 22.6 Å². The van der Waals surface area contributed by atoms with Crippen LogP contribution in [0.3, 0.4) is 0 Å². The minimum atomic E-state index is -0.217. The minimum absolute atomic E-state index is 0.217. The van der Waals surface area contributed by atoms with E-state index in [1.54, 1.807) is 7.11 Å². The molecule has 0 aliphatic heterocycles. The number of fused-ring (bicyclic) bond motifs is 1. The molecule has 0 amide bonds. The average molecular weight is 254 g/mol. The van der Waals surface area contributed by atoms with E-state index in [1.165, 1.54) is 0 Å². The summed E-state index contributed by atoms with van der Waals surface area (Å²) in [6.45, 7) is 3.33. The number of ether oxygens (including phenoxy) is 1. The maximum absolute atomic E-state index is 6.04. The molecule has 0 fully saturated rings. The van der Waals surface area contributed by atoms with E-state index in [2.05, 4.69) is 16.5 Å². The van der Waals surface area contributed by atoms with E-state index in [9.17, 15) is 0 Å². The summed E-state index contributed by atoms with van der Waals surface area (Å²) in [5.74, 6) is 0.839. The van der Waals surface area contributed by atoms with Crippen LogP contribution in [0.15, 0.2) is 18.2 Å². The van der Waals surface area contributed by atoms with Gasteiger partial charge >= 0.3 is 0 Å². The van der Waals surface area contributed by atoms with Crippen molar-refractivity contribution in [3.8, 4) is 0 Å². The second kappa shape index (κ2) is 5.04. The third kappa shape index (κ3) is 2.29. The molecule has 0 saturated heterocycles. The molecule has 0 radical (unpaired) electrons. The normalized spacial score (nSPS) is 13.2. The first-order valence-electron chi connectivity index (χ1n) is 5.57. The molecule has 1 aromatic carbocycles. The standard InChI is InChI=1S/C12H16ClN3O/c1-3-16-11-6-8(13)4-5-10(11)15-12(16)9(14)7-17-2/h4-6,9H,3,7,14H2,1-2H3. The van der Waals surface area contributed by atoms with E-state index in [0.717, 1.165) is 23.4 Å². The number of aryl methyl sites for hydroxylation is 1. The van der Waals surface area contributed by atoms with Crippen LogP contribution in [0.4, 0.5) is 0 Å². The first-order chi connectivity index (χ1) is 8.17. The molecule has 2 rings (SSSR count). The number of nitrogens with two attached hydrogens (primary N) is 1. The third-order valence-electron chi connectivity index (χ3n) is 2.73. The van der Waals surface area contributed by atoms with E-state index >= 15 is 0 Å². The smallest absolute Gasteiger partial charge is 0.129 e. The molecule has 1 aromatic heterocycles. The summed E-state index contributed by atoms with van der Waals surface area (Å²) in [6, 6.07) is 5.44. The van der Waals surface area contributed by atoms with Crippen molar-refractivity contribution in [3.05, 3.63) is 29.0 Å². The van der Waals surface area contributed by atoms with Crippen molar-refractivity contribution < 1.29 is 4.74 Å². The number of aromatic nitrogens is 2. The fourth-order valence-electron chi connectivity index (χ4n) is 1.98. The Morgan fingerprint density at radius 3 is 2.94 bits per heavy atom. The van der Waals surface area contributed by atoms with Crippen LogP contribution in [0, 0.1) is 0 Å². The van der Waals surface area contributed by atoms with E-state index < -0.39 is 0 Å². The van der Waals surface area contributed by atoms with Gasteiger partial charge in [-0.25, -0.2) is 4.98 Å². The Hall–Kier alpha value is -1.10. The number of hydrogen-bond donors (Lipinski definition) is 1. The molecule has 92 valence electrons. The fourth-order valence-corrected chi connectivity index (χ4v) is 2.15. The van der Waals surface area contributed by atoms with Crippen molar-refractivity contribution in [2.75, 3.05) is 13.7 Å². The maximum Gasteiger partial charge on any atom is 0.129 e. The number of imidazole rings is 1. The Labute approximate surface area is 105 Å². The first-order valence-corrected chi connectivity index (χ1v) is 5.95. The largest absolute Gasteiger partial charge is 0.383 e. The van der Waals surface area contributed by atoms with Gasteiger partial charge in [-0.3, -0.25) is 0 Å². The van der Waals surface area contributed by atoms with Gasteiger partial charge < -0.3 is 15.0 Å². The number of methoxy groups -OCH3 is 1. The summed E-state index contributed by atoms with van der Waals surface area (Å²) in [5.41, 5.74) is 7.97. The average Bonchev–Trinajstić information content (AvgIpc) is 2.67. The fraction of sp³-hybridized carbons (Fsp3) is 0.417. The molecule has 5 heteroatoms. The SMILES string of the molecule is CCn1c(C(N)COC)nc2ccc(Cl)cc21. The van der Waals surface area contributed by atoms with Gasteiger partial charge in [0.15, 0.2) is 0 Å². The first kappa shape index (κ1) is 12.4. The molecule has 0 saturated carbocycles. The Bertz CT molecular complexity index is 524. The maximum atomic E-state index is 6.04. The highest BCUT2D eigenvalue weighted by atomic mass is 35.5. The molecule has 0 aliphatic rings. The van der Waals surface area contributed by atoms with Gasteiger partial charge in [-0.05, 0) is 25.1 Å². The second-order valence-corrected chi connectivity index (χ2v) is 4.35. The highest BCUT2D eigenvalue weighted by Crippen LogP contribution is 2.23. The van der Waals surface area contributed by atoms with Gasteiger partial charge in [0.2, 0.25) is 0 Å². The van der Waals surface area contributed by atoms with Crippen LogP contribution in [0.25, 0.3) is 11.0 Å². The summed E-state index contributed by atoms with van der Waals surface area (Å²) in [4.78, 5) is 4.54. The minimum Gasteiger partial charge on any atom is -0.383 e. The summed E-state index contributed by atoms with van der Waals surface area (Å²) in [6.07, 6.45) is 0. The molecule has 1 atom stereocenters. The number of hydrogen-bond acceptors (Lipinski definition) is 3. The van der Waals surface area contributed by atoms with Crippen molar-refractivity contribution in [2.45, 2.75) is 19.5 Å². The quantitative estimate of drug-likeness (QED) is 0.910. The highest BCUT2D eigenvalue weighted by molar-refractivity contribution is 6.31. The van der Waals surface area contributed by atoms with Crippen molar-refractivity contribution in [3.63, 3.8) is 0 Å². The Morgan fingerprint density at radius 2 is 2.29 bits per heavy atom. The molecule has 2 aromatic rings. The van der Waals surface area contributed by atoms with Crippen LogP contribution in [0.1, 0.15) is 18.8 Å². The van der Waals surface area contributed by atoms with Crippen LogP contribution >= 0.6 is 11.6 Å². The molecule has 1 heterocycles. The molecular formula is C12H16ClN3O. The summed E-state index contributed by atoms with van der Waals surface area (Å²) < 4.78 is 7.15. The van der Waals surface area contributed by atoms with Crippen LogP contribution in [-0.2, 0) is 11.3 Å². The molecule has 0 bridgehead atoms. The van der Waals surface area contributed by atoms with Gasteiger partial charge in [0.05, 0.1) is 23.7 Å². The zero-order valence-electron chi connectivity index (χ0n) is 9.98. The Balaban J connectivity index is 2.55. The zero-order valence-corrected chi connectivity index (χ0v) is 10.7. The van der Waals surface area contributed by atoms with Crippen molar-refractivity contribution in [1.29, 1.82) is 0 Å². The Kier molecular flexibility index (Phi) is 3.66. The predicted molar refractivity (Wildman–Crippen MR) is 69.2 cm³/mol. The lowest BCUT2D eigenvalue weighted by Crippen LogP contribution is -2.20. The monoisotopic (exact) mass is 253 g/mol. The van der Waals surface area contributed by atoms with Gasteiger partial charge in [-0.1, -0.05) is 11.6 Å². The number of halogens is 1. The molecule has 17 heavy (non-hydrogen) atoms. The molecule has 0 spiro atoms. The second-order valence-electron chi connectivity index (χ2n) is 3.91. The van der Waals surface area contributed by atoms with Crippen LogP contribution in [0.2, 0.25) is 5.02 Å².